The third kappa shape index (κ3) is 1.17. The van der Waals surface area contributed by atoms with E-state index in [1.165, 1.54) is 5.56 Å². The Morgan fingerprint density at radius 2 is 1.56 bits per heavy atom. The minimum Gasteiger partial charge on any atom is -0.323 e. The van der Waals surface area contributed by atoms with Crippen LogP contribution in [0.25, 0.3) is 11.1 Å². The second-order valence-electron chi connectivity index (χ2n) is 3.71. The molecule has 1 aliphatic carbocycles. The van der Waals surface area contributed by atoms with E-state index in [4.69, 9.17) is 17.4 Å². The van der Waals surface area contributed by atoms with Crippen LogP contribution < -0.4 is 5.84 Å². The highest BCUT2D eigenvalue weighted by Crippen LogP contribution is 2.37. The Balaban J connectivity index is 2.39. The predicted molar refractivity (Wildman–Crippen MR) is 66.7 cm³/mol. The largest absolute Gasteiger partial charge is 0.323 e. The molecule has 0 radical (unpaired) electrons. The van der Waals surface area contributed by atoms with Gasteiger partial charge in [-0.25, -0.2) is 0 Å². The lowest BCUT2D eigenvalue weighted by Crippen LogP contribution is -2.01. The van der Waals surface area contributed by atoms with E-state index in [0.29, 0.717) is 5.02 Å². The van der Waals surface area contributed by atoms with E-state index in [0.717, 1.165) is 22.4 Å². The summed E-state index contributed by atoms with van der Waals surface area (Å²) in [7, 11) is 0. The van der Waals surface area contributed by atoms with E-state index in [2.05, 4.69) is 11.2 Å². The molecule has 0 saturated carbocycles. The van der Waals surface area contributed by atoms with Crippen LogP contribution in [0.2, 0.25) is 5.02 Å². The molecule has 0 spiro atoms. The van der Waals surface area contributed by atoms with Crippen molar-refractivity contribution in [2.24, 2.45) is 10.9 Å². The van der Waals surface area contributed by atoms with Gasteiger partial charge in [0.2, 0.25) is 0 Å². The van der Waals surface area contributed by atoms with Crippen molar-refractivity contribution in [1.82, 2.24) is 0 Å². The third-order valence-corrected chi connectivity index (χ3v) is 3.07. The summed E-state index contributed by atoms with van der Waals surface area (Å²) in [6.45, 7) is 0. The van der Waals surface area contributed by atoms with Gasteiger partial charge in [0, 0.05) is 16.1 Å². The highest BCUT2D eigenvalue weighted by Gasteiger charge is 2.24. The lowest BCUT2D eigenvalue weighted by Gasteiger charge is -1.99. The van der Waals surface area contributed by atoms with Crippen LogP contribution in [0.4, 0.5) is 0 Å². The Morgan fingerprint density at radius 3 is 2.31 bits per heavy atom. The second-order valence-corrected chi connectivity index (χ2v) is 4.15. The Kier molecular flexibility index (Phi) is 1.98. The fourth-order valence-corrected chi connectivity index (χ4v) is 2.33. The van der Waals surface area contributed by atoms with E-state index in [-0.39, 0.29) is 0 Å². The zero-order chi connectivity index (χ0) is 11.1. The third-order valence-electron chi connectivity index (χ3n) is 2.84. The molecule has 0 aromatic heterocycles. The lowest BCUT2D eigenvalue weighted by atomic mass is 10.1. The molecule has 0 heterocycles. The van der Waals surface area contributed by atoms with Crippen LogP contribution in [0.5, 0.6) is 0 Å². The first-order chi connectivity index (χ1) is 7.81. The summed E-state index contributed by atoms with van der Waals surface area (Å²) in [6, 6.07) is 13.9. The van der Waals surface area contributed by atoms with E-state index in [1.54, 1.807) is 0 Å². The summed E-state index contributed by atoms with van der Waals surface area (Å²) in [5.74, 6) is 5.46. The number of fused-ring (bicyclic) bond motifs is 3. The zero-order valence-corrected chi connectivity index (χ0v) is 9.20. The van der Waals surface area contributed by atoms with Crippen LogP contribution in [0.15, 0.2) is 47.6 Å². The van der Waals surface area contributed by atoms with Gasteiger partial charge in [0.1, 0.15) is 0 Å². The molecule has 2 aromatic rings. The van der Waals surface area contributed by atoms with E-state index in [9.17, 15) is 0 Å². The van der Waals surface area contributed by atoms with Crippen LogP contribution >= 0.6 is 11.6 Å². The van der Waals surface area contributed by atoms with Crippen molar-refractivity contribution < 1.29 is 0 Å². The summed E-state index contributed by atoms with van der Waals surface area (Å²) in [5.41, 5.74) is 5.20. The predicted octanol–water partition coefficient (Wildman–Crippen LogP) is 3.03. The molecule has 3 heteroatoms. The fraction of sp³-hybridized carbons (Fsp3) is 0. The van der Waals surface area contributed by atoms with Gasteiger partial charge >= 0.3 is 0 Å². The molecule has 2 nitrogen and oxygen atoms in total. The van der Waals surface area contributed by atoms with Gasteiger partial charge in [0.05, 0.1) is 5.71 Å². The number of rotatable bonds is 0. The van der Waals surface area contributed by atoms with E-state index >= 15 is 0 Å². The summed E-state index contributed by atoms with van der Waals surface area (Å²) in [4.78, 5) is 0. The van der Waals surface area contributed by atoms with Crippen LogP contribution in [0.3, 0.4) is 0 Å². The average molecular weight is 229 g/mol. The van der Waals surface area contributed by atoms with Crippen molar-refractivity contribution in [2.45, 2.75) is 0 Å². The van der Waals surface area contributed by atoms with Gasteiger partial charge in [-0.3, -0.25) is 0 Å². The van der Waals surface area contributed by atoms with Crippen molar-refractivity contribution in [3.63, 3.8) is 0 Å². The SMILES string of the molecule is NN=C1c2ccccc2-c2ccc(Cl)cc21. The minimum absolute atomic E-state index is 0.702. The smallest absolute Gasteiger partial charge is 0.0984 e. The maximum atomic E-state index is 5.99. The first-order valence-electron chi connectivity index (χ1n) is 4.99. The summed E-state index contributed by atoms with van der Waals surface area (Å²) < 4.78 is 0. The number of hydrazone groups is 1. The first-order valence-corrected chi connectivity index (χ1v) is 5.36. The quantitative estimate of drug-likeness (QED) is 0.466. The Bertz CT molecular complexity index is 603. The maximum Gasteiger partial charge on any atom is 0.0984 e. The van der Waals surface area contributed by atoms with Gasteiger partial charge in [0.15, 0.2) is 0 Å². The van der Waals surface area contributed by atoms with Crippen molar-refractivity contribution in [1.29, 1.82) is 0 Å². The molecule has 2 N–H and O–H groups in total. The number of halogens is 1. The van der Waals surface area contributed by atoms with Crippen molar-refractivity contribution in [2.75, 3.05) is 0 Å². The Labute approximate surface area is 98.4 Å². The lowest BCUT2D eigenvalue weighted by molar-refractivity contribution is 1.25. The number of nitrogens with zero attached hydrogens (tertiary/aromatic N) is 1. The standard InChI is InChI=1S/C13H9ClN2/c14-8-5-6-10-9-3-1-2-4-11(9)13(16-15)12(10)7-8/h1-7H,15H2. The topological polar surface area (TPSA) is 38.4 Å². The summed E-state index contributed by atoms with van der Waals surface area (Å²) >= 11 is 5.99. The number of hydrogen-bond donors (Lipinski definition) is 1. The Morgan fingerprint density at radius 1 is 0.875 bits per heavy atom. The molecule has 0 unspecified atom stereocenters. The molecule has 0 fully saturated rings. The minimum atomic E-state index is 0.702. The normalized spacial score (nSPS) is 14.9. The Hall–Kier alpha value is -1.80. The molecule has 1 aliphatic rings. The van der Waals surface area contributed by atoms with Crippen molar-refractivity contribution in [3.8, 4) is 11.1 Å². The molecule has 2 aromatic carbocycles. The first kappa shape index (κ1) is 9.43. The number of hydrogen-bond acceptors (Lipinski definition) is 2. The molecule has 0 aliphatic heterocycles. The molecule has 0 atom stereocenters. The van der Waals surface area contributed by atoms with Crippen molar-refractivity contribution >= 4 is 17.3 Å². The molecule has 3 rings (SSSR count). The van der Waals surface area contributed by atoms with Crippen LogP contribution in [0, 0.1) is 0 Å². The summed E-state index contributed by atoms with van der Waals surface area (Å²) in [6.07, 6.45) is 0. The van der Waals surface area contributed by atoms with Gasteiger partial charge in [-0.2, -0.15) is 5.10 Å². The van der Waals surface area contributed by atoms with Crippen LogP contribution in [0.1, 0.15) is 11.1 Å². The monoisotopic (exact) mass is 228 g/mol. The van der Waals surface area contributed by atoms with Gasteiger partial charge < -0.3 is 5.84 Å². The molecular weight excluding hydrogens is 220 g/mol. The highest BCUT2D eigenvalue weighted by molar-refractivity contribution is 6.32. The summed E-state index contributed by atoms with van der Waals surface area (Å²) in [5, 5.41) is 4.57. The highest BCUT2D eigenvalue weighted by atomic mass is 35.5. The number of nitrogens with two attached hydrogens (primary N) is 1. The van der Waals surface area contributed by atoms with Gasteiger partial charge in [0.25, 0.3) is 0 Å². The van der Waals surface area contributed by atoms with E-state index in [1.807, 2.05) is 36.4 Å². The molecule has 78 valence electrons. The molecule has 16 heavy (non-hydrogen) atoms. The van der Waals surface area contributed by atoms with Crippen molar-refractivity contribution in [3.05, 3.63) is 58.6 Å². The van der Waals surface area contributed by atoms with Crippen LogP contribution in [-0.2, 0) is 0 Å². The second kappa shape index (κ2) is 3.35. The molecule has 0 amide bonds. The van der Waals surface area contributed by atoms with Gasteiger partial charge in [-0.1, -0.05) is 41.9 Å². The maximum absolute atomic E-state index is 5.99. The van der Waals surface area contributed by atoms with Gasteiger partial charge in [-0.05, 0) is 23.3 Å². The van der Waals surface area contributed by atoms with Crippen LogP contribution in [-0.4, -0.2) is 5.71 Å². The zero-order valence-electron chi connectivity index (χ0n) is 8.44. The average Bonchev–Trinajstić information content (AvgIpc) is 2.61. The molecular formula is C13H9ClN2. The fourth-order valence-electron chi connectivity index (χ4n) is 2.16. The molecule has 0 saturated heterocycles. The number of benzene rings is 2. The van der Waals surface area contributed by atoms with Gasteiger partial charge in [-0.15, -0.1) is 0 Å². The van der Waals surface area contributed by atoms with E-state index < -0.39 is 0 Å². The molecule has 0 bridgehead atoms.